The Morgan fingerprint density at radius 1 is 1.53 bits per heavy atom. The summed E-state index contributed by atoms with van der Waals surface area (Å²) in [4.78, 5) is 9.14. The number of nitrogens with zero attached hydrogens (tertiary/aromatic N) is 3. The Morgan fingerprint density at radius 2 is 2.40 bits per heavy atom. The molecule has 6 heteroatoms. The molecule has 4 N–H and O–H groups in total. The van der Waals surface area contributed by atoms with E-state index in [0.717, 1.165) is 13.0 Å². The molecule has 0 aliphatic rings. The minimum absolute atomic E-state index is 0.344. The SMILES string of the molecule is CN(CCc1ccc[nH]1)c1n[nH]c(N)n1. The summed E-state index contributed by atoms with van der Waals surface area (Å²) in [5, 5.41) is 6.58. The van der Waals surface area contributed by atoms with E-state index in [9.17, 15) is 0 Å². The quantitative estimate of drug-likeness (QED) is 0.675. The monoisotopic (exact) mass is 206 g/mol. The summed E-state index contributed by atoms with van der Waals surface area (Å²) in [6.07, 6.45) is 2.85. The Bertz CT molecular complexity index is 404. The molecule has 0 aromatic carbocycles. The van der Waals surface area contributed by atoms with Gasteiger partial charge in [0.1, 0.15) is 0 Å². The third-order valence-corrected chi connectivity index (χ3v) is 2.21. The molecule has 0 aliphatic heterocycles. The summed E-state index contributed by atoms with van der Waals surface area (Å²) in [6, 6.07) is 4.04. The molecule has 2 heterocycles. The average Bonchev–Trinajstić information content (AvgIpc) is 2.84. The Kier molecular flexibility index (Phi) is 2.57. The van der Waals surface area contributed by atoms with Crippen LogP contribution in [-0.2, 0) is 6.42 Å². The van der Waals surface area contributed by atoms with Gasteiger partial charge in [-0.2, -0.15) is 4.98 Å². The second-order valence-corrected chi connectivity index (χ2v) is 3.39. The largest absolute Gasteiger partial charge is 0.368 e. The van der Waals surface area contributed by atoms with Crippen molar-refractivity contribution in [2.75, 3.05) is 24.2 Å². The van der Waals surface area contributed by atoms with E-state index in [1.807, 2.05) is 24.2 Å². The average molecular weight is 206 g/mol. The molecule has 0 spiro atoms. The molecule has 0 atom stereocenters. The van der Waals surface area contributed by atoms with Gasteiger partial charge in [0, 0.05) is 31.9 Å². The highest BCUT2D eigenvalue weighted by Crippen LogP contribution is 2.06. The van der Waals surface area contributed by atoms with Crippen LogP contribution in [0.25, 0.3) is 0 Å². The van der Waals surface area contributed by atoms with Crippen LogP contribution >= 0.6 is 0 Å². The highest BCUT2D eigenvalue weighted by molar-refractivity contribution is 5.32. The fourth-order valence-electron chi connectivity index (χ4n) is 1.35. The summed E-state index contributed by atoms with van der Waals surface area (Å²) in [7, 11) is 1.94. The molecular formula is C9H14N6. The first-order valence-corrected chi connectivity index (χ1v) is 4.77. The molecule has 15 heavy (non-hydrogen) atoms. The van der Waals surface area contributed by atoms with Crippen LogP contribution in [0.5, 0.6) is 0 Å². The molecule has 0 bridgehead atoms. The Hall–Kier alpha value is -1.98. The van der Waals surface area contributed by atoms with Gasteiger partial charge < -0.3 is 15.6 Å². The summed E-state index contributed by atoms with van der Waals surface area (Å²) in [6.45, 7) is 0.845. The van der Waals surface area contributed by atoms with Crippen molar-refractivity contribution in [3.63, 3.8) is 0 Å². The lowest BCUT2D eigenvalue weighted by Gasteiger charge is -2.13. The number of rotatable bonds is 4. The van der Waals surface area contributed by atoms with Gasteiger partial charge in [0.05, 0.1) is 0 Å². The molecule has 0 radical (unpaired) electrons. The zero-order valence-electron chi connectivity index (χ0n) is 8.57. The summed E-state index contributed by atoms with van der Waals surface area (Å²) < 4.78 is 0. The van der Waals surface area contributed by atoms with E-state index in [-0.39, 0.29) is 0 Å². The molecule has 2 rings (SSSR count). The van der Waals surface area contributed by atoms with Gasteiger partial charge in [-0.05, 0) is 12.1 Å². The van der Waals surface area contributed by atoms with Crippen LogP contribution in [0.15, 0.2) is 18.3 Å². The summed E-state index contributed by atoms with van der Waals surface area (Å²) >= 11 is 0. The number of H-pyrrole nitrogens is 2. The van der Waals surface area contributed by atoms with Crippen molar-refractivity contribution in [1.29, 1.82) is 0 Å². The number of nitrogens with one attached hydrogen (secondary N) is 2. The number of aromatic amines is 2. The van der Waals surface area contributed by atoms with Crippen molar-refractivity contribution >= 4 is 11.9 Å². The van der Waals surface area contributed by atoms with Gasteiger partial charge in [-0.3, -0.25) is 0 Å². The molecule has 0 amide bonds. The predicted molar refractivity (Wildman–Crippen MR) is 58.6 cm³/mol. The van der Waals surface area contributed by atoms with Crippen LogP contribution in [0.1, 0.15) is 5.69 Å². The van der Waals surface area contributed by atoms with E-state index in [2.05, 4.69) is 26.2 Å². The normalized spacial score (nSPS) is 10.5. The predicted octanol–water partition coefficient (Wildman–Crippen LogP) is 0.394. The van der Waals surface area contributed by atoms with E-state index in [1.54, 1.807) is 0 Å². The minimum atomic E-state index is 0.344. The molecule has 6 nitrogen and oxygen atoms in total. The van der Waals surface area contributed by atoms with Gasteiger partial charge in [-0.25, -0.2) is 5.10 Å². The molecule has 0 fully saturated rings. The lowest BCUT2D eigenvalue weighted by molar-refractivity contribution is 0.828. The maximum Gasteiger partial charge on any atom is 0.246 e. The third kappa shape index (κ3) is 2.28. The van der Waals surface area contributed by atoms with Crippen molar-refractivity contribution in [1.82, 2.24) is 20.2 Å². The van der Waals surface area contributed by atoms with Crippen LogP contribution < -0.4 is 10.6 Å². The van der Waals surface area contributed by atoms with Gasteiger partial charge in [-0.1, -0.05) is 0 Å². The first kappa shape index (κ1) is 9.57. The van der Waals surface area contributed by atoms with Crippen molar-refractivity contribution < 1.29 is 0 Å². The van der Waals surface area contributed by atoms with E-state index in [1.165, 1.54) is 5.69 Å². The van der Waals surface area contributed by atoms with Crippen molar-refractivity contribution in [3.8, 4) is 0 Å². The standard InChI is InChI=1S/C9H14N6/c1-15(9-12-8(10)13-14-9)6-4-7-3-2-5-11-7/h2-3,5,11H,4,6H2,1H3,(H3,10,12,13,14). The molecule has 0 unspecified atom stereocenters. The van der Waals surface area contributed by atoms with Crippen LogP contribution in [0.4, 0.5) is 11.9 Å². The Morgan fingerprint density at radius 3 is 3.00 bits per heavy atom. The van der Waals surface area contributed by atoms with Crippen molar-refractivity contribution in [3.05, 3.63) is 24.0 Å². The number of nitrogen functional groups attached to an aromatic ring is 1. The summed E-state index contributed by atoms with van der Waals surface area (Å²) in [5.74, 6) is 0.968. The number of aromatic nitrogens is 4. The van der Waals surface area contributed by atoms with Crippen LogP contribution in [0.3, 0.4) is 0 Å². The number of likely N-dealkylation sites (N-methyl/N-ethyl adjacent to an activating group) is 1. The molecule has 0 saturated carbocycles. The maximum atomic E-state index is 5.45. The number of hydrogen-bond acceptors (Lipinski definition) is 4. The molecular weight excluding hydrogens is 192 g/mol. The van der Waals surface area contributed by atoms with Gasteiger partial charge >= 0.3 is 0 Å². The fraction of sp³-hybridized carbons (Fsp3) is 0.333. The smallest absolute Gasteiger partial charge is 0.246 e. The zero-order chi connectivity index (χ0) is 10.7. The van der Waals surface area contributed by atoms with Crippen molar-refractivity contribution in [2.24, 2.45) is 0 Å². The molecule has 0 aliphatic carbocycles. The van der Waals surface area contributed by atoms with E-state index >= 15 is 0 Å². The maximum absolute atomic E-state index is 5.45. The van der Waals surface area contributed by atoms with E-state index < -0.39 is 0 Å². The zero-order valence-corrected chi connectivity index (χ0v) is 8.57. The minimum Gasteiger partial charge on any atom is -0.368 e. The van der Waals surface area contributed by atoms with Crippen molar-refractivity contribution in [2.45, 2.75) is 6.42 Å². The number of anilines is 2. The first-order valence-electron chi connectivity index (χ1n) is 4.77. The van der Waals surface area contributed by atoms with Gasteiger partial charge in [-0.15, -0.1) is 5.10 Å². The lowest BCUT2D eigenvalue weighted by Crippen LogP contribution is -2.21. The van der Waals surface area contributed by atoms with Crippen LogP contribution in [-0.4, -0.2) is 33.8 Å². The van der Waals surface area contributed by atoms with E-state index in [0.29, 0.717) is 11.9 Å². The third-order valence-electron chi connectivity index (χ3n) is 2.21. The summed E-state index contributed by atoms with van der Waals surface area (Å²) in [5.41, 5.74) is 6.64. The van der Waals surface area contributed by atoms with Crippen LogP contribution in [0, 0.1) is 0 Å². The molecule has 0 saturated heterocycles. The second kappa shape index (κ2) is 4.04. The Labute approximate surface area is 87.5 Å². The van der Waals surface area contributed by atoms with Gasteiger partial charge in [0.2, 0.25) is 11.9 Å². The Balaban J connectivity index is 1.90. The fourth-order valence-corrected chi connectivity index (χ4v) is 1.35. The van der Waals surface area contributed by atoms with Gasteiger partial charge in [0.25, 0.3) is 0 Å². The highest BCUT2D eigenvalue weighted by atomic mass is 15.4. The topological polar surface area (TPSA) is 86.6 Å². The molecule has 2 aromatic rings. The molecule has 80 valence electrons. The first-order chi connectivity index (χ1) is 7.25. The van der Waals surface area contributed by atoms with E-state index in [4.69, 9.17) is 5.73 Å². The second-order valence-electron chi connectivity index (χ2n) is 3.39. The van der Waals surface area contributed by atoms with Crippen LogP contribution in [0.2, 0.25) is 0 Å². The number of nitrogens with two attached hydrogens (primary N) is 1. The molecule has 2 aromatic heterocycles. The lowest BCUT2D eigenvalue weighted by atomic mass is 10.3. The number of hydrogen-bond donors (Lipinski definition) is 3. The van der Waals surface area contributed by atoms with Gasteiger partial charge in [0.15, 0.2) is 0 Å². The highest BCUT2D eigenvalue weighted by Gasteiger charge is 2.06.